The average Bonchev–Trinajstić information content (AvgIpc) is 2.95. The fourth-order valence-electron chi connectivity index (χ4n) is 4.52. The van der Waals surface area contributed by atoms with Crippen molar-refractivity contribution in [1.29, 1.82) is 5.26 Å². The molecule has 4 rings (SSSR count). The van der Waals surface area contributed by atoms with Crippen LogP contribution in [0.4, 0.5) is 0 Å². The second-order valence-corrected chi connectivity index (χ2v) is 10.2. The number of nitriles is 1. The van der Waals surface area contributed by atoms with E-state index in [2.05, 4.69) is 26.8 Å². The largest absolute Gasteiger partial charge is 0.494 e. The van der Waals surface area contributed by atoms with Gasteiger partial charge in [-0.1, -0.05) is 63.9 Å². The van der Waals surface area contributed by atoms with Crippen LogP contribution in [0.15, 0.2) is 78.2 Å². The van der Waals surface area contributed by atoms with E-state index in [9.17, 15) is 10.1 Å². The maximum atomic E-state index is 12.8. The van der Waals surface area contributed by atoms with Crippen LogP contribution in [-0.4, -0.2) is 18.7 Å². The maximum absolute atomic E-state index is 12.8. The molecule has 7 nitrogen and oxygen atoms in total. The second-order valence-electron chi connectivity index (χ2n) is 10.2. The summed E-state index contributed by atoms with van der Waals surface area (Å²) < 4.78 is 23.0. The average molecular weight is 541 g/mol. The number of ether oxygens (including phenoxy) is 4. The lowest BCUT2D eigenvalue weighted by molar-refractivity contribution is -0.141. The quantitative estimate of drug-likeness (QED) is 0.159. The van der Waals surface area contributed by atoms with Gasteiger partial charge in [0.05, 0.1) is 12.5 Å². The third-order valence-corrected chi connectivity index (χ3v) is 6.83. The Labute approximate surface area is 236 Å². The molecule has 0 saturated heterocycles. The second kappa shape index (κ2) is 13.1. The summed E-state index contributed by atoms with van der Waals surface area (Å²) in [5.41, 5.74) is 9.28. The Balaban J connectivity index is 1.48. The van der Waals surface area contributed by atoms with Gasteiger partial charge in [-0.15, -0.1) is 0 Å². The molecule has 7 heteroatoms. The van der Waals surface area contributed by atoms with Crippen molar-refractivity contribution in [2.45, 2.75) is 64.9 Å². The highest BCUT2D eigenvalue weighted by Crippen LogP contribution is 2.43. The molecule has 208 valence electrons. The van der Waals surface area contributed by atoms with Crippen LogP contribution in [0, 0.1) is 11.3 Å². The monoisotopic (exact) mass is 540 g/mol. The van der Waals surface area contributed by atoms with E-state index in [0.717, 1.165) is 36.1 Å². The third kappa shape index (κ3) is 6.76. The van der Waals surface area contributed by atoms with E-state index >= 15 is 0 Å². The smallest absolute Gasteiger partial charge is 0.352 e. The van der Waals surface area contributed by atoms with Gasteiger partial charge < -0.3 is 24.7 Å². The fraction of sp³-hybridized carbons (Fsp3) is 0.333. The van der Waals surface area contributed by atoms with E-state index in [-0.39, 0.29) is 11.6 Å². The van der Waals surface area contributed by atoms with Gasteiger partial charge in [0.15, 0.2) is 6.10 Å². The van der Waals surface area contributed by atoms with Crippen LogP contribution in [0.5, 0.6) is 23.0 Å². The lowest BCUT2D eigenvalue weighted by atomic mass is 9.83. The summed E-state index contributed by atoms with van der Waals surface area (Å²) in [4.78, 5) is 12.8. The minimum Gasteiger partial charge on any atom is -0.494 e. The van der Waals surface area contributed by atoms with Crippen LogP contribution in [-0.2, 0) is 4.79 Å². The summed E-state index contributed by atoms with van der Waals surface area (Å²) in [7, 11) is 0. The predicted octanol–water partition coefficient (Wildman–Crippen LogP) is 6.97. The van der Waals surface area contributed by atoms with Crippen molar-refractivity contribution in [2.75, 3.05) is 6.61 Å². The number of nitrogens with two attached hydrogens (primary N) is 1. The maximum Gasteiger partial charge on any atom is 0.352 e. The molecule has 0 saturated carbocycles. The summed E-state index contributed by atoms with van der Waals surface area (Å²) in [6.07, 6.45) is 2.44. The van der Waals surface area contributed by atoms with Crippen LogP contribution in [0.1, 0.15) is 75.5 Å². The Bertz CT molecular complexity index is 1390. The molecule has 40 heavy (non-hydrogen) atoms. The molecule has 0 aromatic heterocycles. The standard InChI is InChI=1S/C33H36N2O5/c1-5-6-7-18-37-25-12-10-24(11-13-25)31-28-17-16-27(19-30(28)40-32(35)29(31)20-34)39-33(36)22(4)38-26-14-8-23(9-15-26)21(2)3/h8-17,19,21-22,31H,5-7,18,35H2,1-4H3. The Hall–Kier alpha value is -4.44. The molecule has 0 bridgehead atoms. The van der Waals surface area contributed by atoms with Crippen molar-refractivity contribution >= 4 is 5.97 Å². The molecule has 1 aliphatic heterocycles. The number of rotatable bonds is 11. The number of hydrogen-bond acceptors (Lipinski definition) is 7. The first-order valence-corrected chi connectivity index (χ1v) is 13.7. The first kappa shape index (κ1) is 28.6. The van der Waals surface area contributed by atoms with Gasteiger partial charge in [-0.2, -0.15) is 5.26 Å². The number of allylic oxidation sites excluding steroid dienone is 1. The molecule has 0 spiro atoms. The molecule has 0 radical (unpaired) electrons. The van der Waals surface area contributed by atoms with Crippen LogP contribution in [0.25, 0.3) is 0 Å². The number of esters is 1. The summed E-state index contributed by atoms with van der Waals surface area (Å²) >= 11 is 0. The molecule has 1 aliphatic rings. The molecule has 2 N–H and O–H groups in total. The SMILES string of the molecule is CCCCCOc1ccc(C2C(C#N)=C(N)Oc3cc(OC(=O)C(C)Oc4ccc(C(C)C)cc4)ccc32)cc1. The fourth-order valence-corrected chi connectivity index (χ4v) is 4.52. The Morgan fingerprint density at radius 1 is 0.975 bits per heavy atom. The van der Waals surface area contributed by atoms with Gasteiger partial charge in [-0.05, 0) is 60.7 Å². The number of benzene rings is 3. The Kier molecular flexibility index (Phi) is 9.34. The molecule has 0 aliphatic carbocycles. The van der Waals surface area contributed by atoms with Gasteiger partial charge in [-0.3, -0.25) is 0 Å². The molecule has 2 unspecified atom stereocenters. The lowest BCUT2D eigenvalue weighted by Crippen LogP contribution is -2.28. The van der Waals surface area contributed by atoms with Crippen LogP contribution >= 0.6 is 0 Å². The van der Waals surface area contributed by atoms with Crippen molar-refractivity contribution < 1.29 is 23.7 Å². The van der Waals surface area contributed by atoms with Crippen molar-refractivity contribution in [1.82, 2.24) is 0 Å². The minimum atomic E-state index is -0.826. The normalized spacial score (nSPS) is 15.1. The highest BCUT2D eigenvalue weighted by molar-refractivity contribution is 5.77. The molecular weight excluding hydrogens is 504 g/mol. The number of fused-ring (bicyclic) bond motifs is 1. The van der Waals surface area contributed by atoms with Gasteiger partial charge in [0.1, 0.15) is 34.6 Å². The van der Waals surface area contributed by atoms with Crippen LogP contribution in [0.3, 0.4) is 0 Å². The van der Waals surface area contributed by atoms with E-state index in [4.69, 9.17) is 24.7 Å². The molecule has 1 heterocycles. The van der Waals surface area contributed by atoms with E-state index < -0.39 is 18.0 Å². The van der Waals surface area contributed by atoms with E-state index in [0.29, 0.717) is 29.6 Å². The van der Waals surface area contributed by atoms with Crippen LogP contribution in [0.2, 0.25) is 0 Å². The van der Waals surface area contributed by atoms with Gasteiger partial charge in [0.25, 0.3) is 0 Å². The van der Waals surface area contributed by atoms with Crippen molar-refractivity contribution in [2.24, 2.45) is 5.73 Å². The number of nitrogens with zero attached hydrogens (tertiary/aromatic N) is 1. The zero-order chi connectivity index (χ0) is 28.6. The summed E-state index contributed by atoms with van der Waals surface area (Å²) in [6.45, 7) is 8.69. The van der Waals surface area contributed by atoms with E-state index in [1.165, 1.54) is 5.56 Å². The highest BCUT2D eigenvalue weighted by atomic mass is 16.6. The van der Waals surface area contributed by atoms with Crippen molar-refractivity contribution in [3.05, 3.63) is 94.9 Å². The topological polar surface area (TPSA) is 104 Å². The Morgan fingerprint density at radius 3 is 2.30 bits per heavy atom. The molecule has 0 amide bonds. The van der Waals surface area contributed by atoms with Gasteiger partial charge in [0, 0.05) is 11.6 Å². The lowest BCUT2D eigenvalue weighted by Gasteiger charge is -2.27. The first-order valence-electron chi connectivity index (χ1n) is 13.7. The summed E-state index contributed by atoms with van der Waals surface area (Å²) in [6, 6.07) is 22.6. The van der Waals surface area contributed by atoms with E-state index in [1.807, 2.05) is 48.5 Å². The van der Waals surface area contributed by atoms with Crippen LogP contribution < -0.4 is 24.7 Å². The summed E-state index contributed by atoms with van der Waals surface area (Å²) in [5.74, 6) is 1.53. The van der Waals surface area contributed by atoms with Gasteiger partial charge in [0.2, 0.25) is 5.88 Å². The molecular formula is C33H36N2O5. The first-order chi connectivity index (χ1) is 19.3. The highest BCUT2D eigenvalue weighted by Gasteiger charge is 2.31. The zero-order valence-corrected chi connectivity index (χ0v) is 23.5. The number of carbonyl (C=O) groups excluding carboxylic acids is 1. The van der Waals surface area contributed by atoms with Crippen molar-refractivity contribution in [3.63, 3.8) is 0 Å². The molecule has 2 atom stereocenters. The predicted molar refractivity (Wildman–Crippen MR) is 153 cm³/mol. The third-order valence-electron chi connectivity index (χ3n) is 6.83. The molecule has 0 fully saturated rings. The van der Waals surface area contributed by atoms with Crippen molar-refractivity contribution in [3.8, 4) is 29.1 Å². The number of hydrogen-bond donors (Lipinski definition) is 1. The number of carbonyl (C=O) groups is 1. The Morgan fingerprint density at radius 2 is 1.65 bits per heavy atom. The van der Waals surface area contributed by atoms with Gasteiger partial charge in [-0.25, -0.2) is 4.79 Å². The minimum absolute atomic E-state index is 0.0184. The summed E-state index contributed by atoms with van der Waals surface area (Å²) in [5, 5.41) is 9.86. The van der Waals surface area contributed by atoms with E-state index in [1.54, 1.807) is 25.1 Å². The number of unbranched alkanes of at least 4 members (excludes halogenated alkanes) is 2. The molecule has 3 aromatic carbocycles. The van der Waals surface area contributed by atoms with Gasteiger partial charge >= 0.3 is 5.97 Å². The zero-order valence-electron chi connectivity index (χ0n) is 23.5. The molecule has 3 aromatic rings.